The maximum Gasteiger partial charge on any atom is 0.223 e. The molecule has 3 aromatic carbocycles. The lowest BCUT2D eigenvalue weighted by Crippen LogP contribution is -2.48. The van der Waals surface area contributed by atoms with Crippen molar-refractivity contribution in [2.75, 3.05) is 31.1 Å². The molecule has 0 unspecified atom stereocenters. The summed E-state index contributed by atoms with van der Waals surface area (Å²) in [5.41, 5.74) is 2.52. The van der Waals surface area contributed by atoms with E-state index in [2.05, 4.69) is 57.6 Å². The Bertz CT molecular complexity index is 1070. The third-order valence-corrected chi connectivity index (χ3v) is 7.20. The van der Waals surface area contributed by atoms with Gasteiger partial charge in [0.15, 0.2) is 0 Å². The summed E-state index contributed by atoms with van der Waals surface area (Å²) in [7, 11) is 0. The molecule has 35 heavy (non-hydrogen) atoms. The molecule has 1 N–H and O–H groups in total. The first-order chi connectivity index (χ1) is 17.2. The number of carbonyl (C=O) groups excluding carboxylic acids is 1. The number of carbonyl (C=O) groups is 1. The molecule has 2 heterocycles. The van der Waals surface area contributed by atoms with Crippen LogP contribution in [0.4, 0.5) is 5.69 Å². The van der Waals surface area contributed by atoms with Crippen LogP contribution in [0.15, 0.2) is 84.9 Å². The van der Waals surface area contributed by atoms with Gasteiger partial charge in [0.2, 0.25) is 5.91 Å². The van der Waals surface area contributed by atoms with E-state index in [9.17, 15) is 4.79 Å². The Hall–Kier alpha value is -3.31. The Morgan fingerprint density at radius 3 is 2.14 bits per heavy atom. The van der Waals surface area contributed by atoms with Crippen molar-refractivity contribution >= 4 is 11.6 Å². The summed E-state index contributed by atoms with van der Waals surface area (Å²) in [5.74, 6) is 2.11. The Kier molecular flexibility index (Phi) is 7.64. The van der Waals surface area contributed by atoms with Crippen LogP contribution in [0, 0.1) is 5.92 Å². The minimum Gasteiger partial charge on any atom is -0.457 e. The van der Waals surface area contributed by atoms with Crippen LogP contribution < -0.4 is 15.0 Å². The summed E-state index contributed by atoms with van der Waals surface area (Å²) in [6.07, 6.45) is 3.88. The minimum absolute atomic E-state index is 0.139. The number of rotatable bonds is 7. The minimum atomic E-state index is 0.139. The van der Waals surface area contributed by atoms with E-state index in [1.165, 1.54) is 11.3 Å². The second kappa shape index (κ2) is 11.4. The fourth-order valence-corrected chi connectivity index (χ4v) is 5.18. The molecule has 0 atom stereocenters. The van der Waals surface area contributed by atoms with Crippen molar-refractivity contribution < 1.29 is 9.53 Å². The second-order valence-electron chi connectivity index (χ2n) is 9.72. The van der Waals surface area contributed by atoms with Gasteiger partial charge in [0.05, 0.1) is 0 Å². The number of hydrogen-bond acceptors (Lipinski definition) is 4. The summed E-state index contributed by atoms with van der Waals surface area (Å²) in [6, 6.07) is 29.0. The van der Waals surface area contributed by atoms with Crippen molar-refractivity contribution in [3.63, 3.8) is 0 Å². The van der Waals surface area contributed by atoms with Gasteiger partial charge in [-0.2, -0.15) is 0 Å². The quantitative estimate of drug-likeness (QED) is 0.498. The average molecular weight is 470 g/mol. The largest absolute Gasteiger partial charge is 0.457 e. The molecule has 2 aliphatic heterocycles. The highest BCUT2D eigenvalue weighted by Crippen LogP contribution is 2.25. The molecule has 0 radical (unpaired) electrons. The van der Waals surface area contributed by atoms with Crippen molar-refractivity contribution in [1.29, 1.82) is 0 Å². The van der Waals surface area contributed by atoms with Gasteiger partial charge in [-0.25, -0.2) is 0 Å². The first kappa shape index (κ1) is 23.4. The Balaban J connectivity index is 1.05. The molecule has 2 saturated heterocycles. The van der Waals surface area contributed by atoms with E-state index >= 15 is 0 Å². The third kappa shape index (κ3) is 6.43. The molecule has 5 heteroatoms. The van der Waals surface area contributed by atoms with Crippen molar-refractivity contribution in [2.45, 2.75) is 38.3 Å². The number of piperidine rings is 2. The summed E-state index contributed by atoms with van der Waals surface area (Å²) in [6.45, 7) is 4.81. The van der Waals surface area contributed by atoms with Gasteiger partial charge in [0, 0.05) is 50.4 Å². The summed E-state index contributed by atoms with van der Waals surface area (Å²) >= 11 is 0. The molecule has 0 saturated carbocycles. The van der Waals surface area contributed by atoms with Gasteiger partial charge < -0.3 is 15.0 Å². The van der Waals surface area contributed by atoms with Crippen LogP contribution in [-0.2, 0) is 11.3 Å². The van der Waals surface area contributed by atoms with Gasteiger partial charge in [-0.05, 0) is 67.6 Å². The maximum atomic E-state index is 12.9. The predicted octanol–water partition coefficient (Wildman–Crippen LogP) is 5.48. The smallest absolute Gasteiger partial charge is 0.223 e. The molecular weight excluding hydrogens is 434 g/mol. The number of nitrogens with zero attached hydrogens (tertiary/aromatic N) is 2. The zero-order valence-electron chi connectivity index (χ0n) is 20.3. The summed E-state index contributed by atoms with van der Waals surface area (Å²) in [5, 5.41) is 3.36. The first-order valence-electron chi connectivity index (χ1n) is 12.9. The molecule has 5 rings (SSSR count). The van der Waals surface area contributed by atoms with Crippen molar-refractivity contribution in [2.24, 2.45) is 5.92 Å². The molecule has 1 amide bonds. The Labute approximate surface area is 208 Å². The van der Waals surface area contributed by atoms with Gasteiger partial charge in [0.1, 0.15) is 11.5 Å². The molecule has 2 fully saturated rings. The molecule has 5 nitrogen and oxygen atoms in total. The normalized spacial score (nSPS) is 17.8. The number of para-hydroxylation sites is 2. The summed E-state index contributed by atoms with van der Waals surface area (Å²) in [4.78, 5) is 17.8. The van der Waals surface area contributed by atoms with Crippen molar-refractivity contribution in [1.82, 2.24) is 10.2 Å². The number of anilines is 1. The van der Waals surface area contributed by atoms with Crippen LogP contribution in [0.1, 0.15) is 31.2 Å². The zero-order chi connectivity index (χ0) is 23.9. The maximum absolute atomic E-state index is 12.9. The van der Waals surface area contributed by atoms with Gasteiger partial charge in [-0.3, -0.25) is 9.69 Å². The topological polar surface area (TPSA) is 44.8 Å². The van der Waals surface area contributed by atoms with Gasteiger partial charge in [0.25, 0.3) is 0 Å². The number of ether oxygens (including phenoxy) is 1. The third-order valence-electron chi connectivity index (χ3n) is 7.20. The predicted molar refractivity (Wildman–Crippen MR) is 141 cm³/mol. The Morgan fingerprint density at radius 1 is 0.771 bits per heavy atom. The lowest BCUT2D eigenvalue weighted by Gasteiger charge is -2.35. The highest BCUT2D eigenvalue weighted by atomic mass is 16.5. The number of nitrogens with one attached hydrogen (secondary N) is 1. The van der Waals surface area contributed by atoms with Crippen molar-refractivity contribution in [3.8, 4) is 11.5 Å². The van der Waals surface area contributed by atoms with Crippen LogP contribution in [0.2, 0.25) is 0 Å². The lowest BCUT2D eigenvalue weighted by molar-refractivity contribution is -0.126. The monoisotopic (exact) mass is 469 g/mol. The van der Waals surface area contributed by atoms with Crippen LogP contribution in [0.3, 0.4) is 0 Å². The SMILES string of the molecule is O=C(NC1CCN(Cc2cccc(Oc3ccccc3)c2)CC1)C1CCN(c2ccccc2)CC1. The van der Waals surface area contributed by atoms with Crippen LogP contribution in [0.5, 0.6) is 11.5 Å². The molecule has 0 aromatic heterocycles. The van der Waals surface area contributed by atoms with E-state index in [1.54, 1.807) is 0 Å². The highest BCUT2D eigenvalue weighted by Gasteiger charge is 2.28. The molecule has 3 aromatic rings. The molecule has 0 bridgehead atoms. The fraction of sp³-hybridized carbons (Fsp3) is 0.367. The van der Waals surface area contributed by atoms with Crippen LogP contribution >= 0.6 is 0 Å². The summed E-state index contributed by atoms with van der Waals surface area (Å²) < 4.78 is 5.99. The van der Waals surface area contributed by atoms with Crippen LogP contribution in [0.25, 0.3) is 0 Å². The van der Waals surface area contributed by atoms with E-state index in [-0.39, 0.29) is 11.8 Å². The second-order valence-corrected chi connectivity index (χ2v) is 9.72. The lowest BCUT2D eigenvalue weighted by atomic mass is 9.94. The molecule has 0 aliphatic carbocycles. The number of amides is 1. The zero-order valence-corrected chi connectivity index (χ0v) is 20.3. The number of hydrogen-bond donors (Lipinski definition) is 1. The van der Waals surface area contributed by atoms with E-state index in [0.717, 1.165) is 69.9 Å². The van der Waals surface area contributed by atoms with E-state index in [0.29, 0.717) is 6.04 Å². The van der Waals surface area contributed by atoms with Gasteiger partial charge in [-0.15, -0.1) is 0 Å². The fourth-order valence-electron chi connectivity index (χ4n) is 5.18. The number of likely N-dealkylation sites (tertiary alicyclic amines) is 1. The van der Waals surface area contributed by atoms with Crippen molar-refractivity contribution in [3.05, 3.63) is 90.5 Å². The highest BCUT2D eigenvalue weighted by molar-refractivity contribution is 5.79. The molecule has 0 spiro atoms. The first-order valence-corrected chi connectivity index (χ1v) is 12.9. The number of benzene rings is 3. The van der Waals surface area contributed by atoms with Gasteiger partial charge >= 0.3 is 0 Å². The van der Waals surface area contributed by atoms with Gasteiger partial charge in [-0.1, -0.05) is 48.5 Å². The van der Waals surface area contributed by atoms with E-state index < -0.39 is 0 Å². The standard InChI is InChI=1S/C30H35N3O2/c34-30(25-14-20-33(21-15-25)27-9-3-1-4-10-27)31-26-16-18-32(19-17-26)23-24-8-7-13-29(22-24)35-28-11-5-2-6-12-28/h1-13,22,25-26H,14-21,23H2,(H,31,34). The Morgan fingerprint density at radius 2 is 1.43 bits per heavy atom. The molecule has 2 aliphatic rings. The molecular formula is C30H35N3O2. The van der Waals surface area contributed by atoms with E-state index in [4.69, 9.17) is 4.74 Å². The average Bonchev–Trinajstić information content (AvgIpc) is 2.91. The molecule has 182 valence electrons. The van der Waals surface area contributed by atoms with E-state index in [1.807, 2.05) is 42.5 Å². The van der Waals surface area contributed by atoms with Crippen LogP contribution in [-0.4, -0.2) is 43.0 Å².